The highest BCUT2D eigenvalue weighted by Gasteiger charge is 2.16. The number of carbonyl (C=O) groups excluding carboxylic acids is 1. The number of aromatic amines is 1. The highest BCUT2D eigenvalue weighted by atomic mass is 16.2. The van der Waals surface area contributed by atoms with Crippen molar-refractivity contribution in [3.05, 3.63) is 33.1 Å². The first-order valence-electron chi connectivity index (χ1n) is 6.24. The normalized spacial score (nSPS) is 16.3. The fourth-order valence-corrected chi connectivity index (χ4v) is 2.13. The van der Waals surface area contributed by atoms with Crippen molar-refractivity contribution in [1.82, 2.24) is 14.5 Å². The first kappa shape index (κ1) is 12.6. The number of likely N-dealkylation sites (tertiary alicyclic amines) is 1. The van der Waals surface area contributed by atoms with Gasteiger partial charge in [-0.3, -0.25) is 19.1 Å². The average Bonchev–Trinajstić information content (AvgIpc) is 2.61. The zero-order chi connectivity index (χ0) is 13.0. The lowest BCUT2D eigenvalue weighted by molar-refractivity contribution is -0.131. The summed E-state index contributed by atoms with van der Waals surface area (Å²) in [7, 11) is 0. The molecular formula is C12H17N3O3. The summed E-state index contributed by atoms with van der Waals surface area (Å²) in [4.78, 5) is 38.3. The third-order valence-corrected chi connectivity index (χ3v) is 3.16. The lowest BCUT2D eigenvalue weighted by Crippen LogP contribution is -2.38. The number of nitrogens with one attached hydrogen (secondary N) is 1. The number of H-pyrrole nitrogens is 1. The first-order valence-corrected chi connectivity index (χ1v) is 6.24. The second kappa shape index (κ2) is 5.66. The van der Waals surface area contributed by atoms with E-state index in [0.29, 0.717) is 0 Å². The molecule has 0 radical (unpaired) electrons. The molecule has 0 aromatic carbocycles. The Bertz CT molecular complexity index is 524. The van der Waals surface area contributed by atoms with Crippen LogP contribution in [0.2, 0.25) is 0 Å². The average molecular weight is 251 g/mol. The molecule has 0 aliphatic carbocycles. The van der Waals surface area contributed by atoms with Gasteiger partial charge in [0.2, 0.25) is 5.91 Å². The maximum absolute atomic E-state index is 12.0. The van der Waals surface area contributed by atoms with Crippen LogP contribution in [-0.2, 0) is 11.3 Å². The Morgan fingerprint density at radius 3 is 2.44 bits per heavy atom. The van der Waals surface area contributed by atoms with Gasteiger partial charge in [-0.25, -0.2) is 4.79 Å². The van der Waals surface area contributed by atoms with Crippen molar-refractivity contribution in [3.63, 3.8) is 0 Å². The van der Waals surface area contributed by atoms with E-state index in [1.54, 1.807) is 4.90 Å². The summed E-state index contributed by atoms with van der Waals surface area (Å²) in [6.07, 6.45) is 5.71. The fourth-order valence-electron chi connectivity index (χ4n) is 2.13. The lowest BCUT2D eigenvalue weighted by Gasteiger charge is -2.20. The molecule has 1 saturated heterocycles. The van der Waals surface area contributed by atoms with Crippen LogP contribution in [0.4, 0.5) is 0 Å². The SMILES string of the molecule is O=C(Cn1ccc(=O)[nH]c1=O)N1CCCCCC1. The molecule has 0 atom stereocenters. The zero-order valence-electron chi connectivity index (χ0n) is 10.2. The van der Waals surface area contributed by atoms with Gasteiger partial charge in [-0.1, -0.05) is 12.8 Å². The largest absolute Gasteiger partial charge is 0.341 e. The minimum Gasteiger partial charge on any atom is -0.341 e. The van der Waals surface area contributed by atoms with E-state index >= 15 is 0 Å². The molecule has 1 N–H and O–H groups in total. The number of carbonyl (C=O) groups is 1. The molecule has 1 aromatic rings. The van der Waals surface area contributed by atoms with E-state index in [1.165, 1.54) is 16.8 Å². The van der Waals surface area contributed by atoms with Gasteiger partial charge in [0, 0.05) is 25.4 Å². The van der Waals surface area contributed by atoms with Crippen LogP contribution in [0, 0.1) is 0 Å². The molecule has 6 nitrogen and oxygen atoms in total. The molecule has 0 bridgehead atoms. The van der Waals surface area contributed by atoms with Crippen molar-refractivity contribution in [2.75, 3.05) is 13.1 Å². The van der Waals surface area contributed by atoms with Crippen LogP contribution in [0.25, 0.3) is 0 Å². The number of rotatable bonds is 2. The molecule has 1 aliphatic rings. The number of hydrogen-bond donors (Lipinski definition) is 1. The molecule has 18 heavy (non-hydrogen) atoms. The first-order chi connectivity index (χ1) is 8.66. The van der Waals surface area contributed by atoms with Crippen molar-refractivity contribution in [3.8, 4) is 0 Å². The van der Waals surface area contributed by atoms with Crippen molar-refractivity contribution < 1.29 is 4.79 Å². The van der Waals surface area contributed by atoms with Gasteiger partial charge >= 0.3 is 5.69 Å². The standard InChI is InChI=1S/C12H17N3O3/c16-10-5-8-15(12(18)13-10)9-11(17)14-6-3-1-2-4-7-14/h5,8H,1-4,6-7,9H2,(H,13,16,18). The summed E-state index contributed by atoms with van der Waals surface area (Å²) >= 11 is 0. The van der Waals surface area contributed by atoms with Gasteiger partial charge in [0.05, 0.1) is 0 Å². The van der Waals surface area contributed by atoms with E-state index in [0.717, 1.165) is 38.8 Å². The van der Waals surface area contributed by atoms with Crippen LogP contribution >= 0.6 is 0 Å². The molecule has 1 fully saturated rings. The minimum atomic E-state index is -0.536. The summed E-state index contributed by atoms with van der Waals surface area (Å²) < 4.78 is 1.23. The molecular weight excluding hydrogens is 234 g/mol. The monoisotopic (exact) mass is 251 g/mol. The van der Waals surface area contributed by atoms with Crippen LogP contribution in [0.5, 0.6) is 0 Å². The molecule has 98 valence electrons. The van der Waals surface area contributed by atoms with Crippen LogP contribution in [0.1, 0.15) is 25.7 Å². The number of aromatic nitrogens is 2. The lowest BCUT2D eigenvalue weighted by atomic mass is 10.2. The fraction of sp³-hybridized carbons (Fsp3) is 0.583. The topological polar surface area (TPSA) is 75.2 Å². The van der Waals surface area contributed by atoms with E-state index in [1.807, 2.05) is 0 Å². The van der Waals surface area contributed by atoms with Crippen LogP contribution in [0.15, 0.2) is 21.9 Å². The van der Waals surface area contributed by atoms with Crippen molar-refractivity contribution in [1.29, 1.82) is 0 Å². The predicted molar refractivity (Wildman–Crippen MR) is 66.4 cm³/mol. The van der Waals surface area contributed by atoms with Crippen LogP contribution in [-0.4, -0.2) is 33.4 Å². The Morgan fingerprint density at radius 2 is 1.83 bits per heavy atom. The van der Waals surface area contributed by atoms with Gasteiger partial charge in [-0.05, 0) is 12.8 Å². The highest BCUT2D eigenvalue weighted by molar-refractivity contribution is 5.75. The Kier molecular flexibility index (Phi) is 3.96. The summed E-state index contributed by atoms with van der Waals surface area (Å²) in [6, 6.07) is 1.25. The molecule has 2 rings (SSSR count). The molecule has 1 aromatic heterocycles. The summed E-state index contributed by atoms with van der Waals surface area (Å²) in [5.41, 5.74) is -0.982. The summed E-state index contributed by atoms with van der Waals surface area (Å²) in [6.45, 7) is 1.52. The van der Waals surface area contributed by atoms with E-state index in [4.69, 9.17) is 0 Å². The molecule has 1 aliphatic heterocycles. The van der Waals surface area contributed by atoms with Crippen LogP contribution in [0.3, 0.4) is 0 Å². The van der Waals surface area contributed by atoms with Crippen molar-refractivity contribution >= 4 is 5.91 Å². The smallest absolute Gasteiger partial charge is 0.328 e. The molecule has 0 unspecified atom stereocenters. The maximum Gasteiger partial charge on any atom is 0.328 e. The van der Waals surface area contributed by atoms with Gasteiger partial charge in [0.1, 0.15) is 6.54 Å². The highest BCUT2D eigenvalue weighted by Crippen LogP contribution is 2.09. The molecule has 6 heteroatoms. The quantitative estimate of drug-likeness (QED) is 0.800. The molecule has 1 amide bonds. The zero-order valence-corrected chi connectivity index (χ0v) is 10.2. The number of nitrogens with zero attached hydrogens (tertiary/aromatic N) is 2. The Morgan fingerprint density at radius 1 is 1.17 bits per heavy atom. The maximum atomic E-state index is 12.0. The van der Waals surface area contributed by atoms with E-state index in [-0.39, 0.29) is 12.5 Å². The second-order valence-corrected chi connectivity index (χ2v) is 4.53. The number of amides is 1. The Balaban J connectivity index is 2.06. The Labute approximate surface area is 104 Å². The summed E-state index contributed by atoms with van der Waals surface area (Å²) in [5.74, 6) is -0.0638. The minimum absolute atomic E-state index is 0.00435. The Hall–Kier alpha value is -1.85. The van der Waals surface area contributed by atoms with Gasteiger partial charge in [0.15, 0.2) is 0 Å². The van der Waals surface area contributed by atoms with E-state index < -0.39 is 11.2 Å². The second-order valence-electron chi connectivity index (χ2n) is 4.53. The van der Waals surface area contributed by atoms with Crippen molar-refractivity contribution in [2.45, 2.75) is 32.2 Å². The number of hydrogen-bond acceptors (Lipinski definition) is 3. The van der Waals surface area contributed by atoms with Crippen LogP contribution < -0.4 is 11.2 Å². The summed E-state index contributed by atoms with van der Waals surface area (Å²) in [5, 5.41) is 0. The molecule has 2 heterocycles. The van der Waals surface area contributed by atoms with Gasteiger partial charge in [-0.2, -0.15) is 0 Å². The van der Waals surface area contributed by atoms with Gasteiger partial charge in [0.25, 0.3) is 5.56 Å². The van der Waals surface area contributed by atoms with Gasteiger partial charge < -0.3 is 4.90 Å². The third kappa shape index (κ3) is 3.09. The van der Waals surface area contributed by atoms with E-state index in [9.17, 15) is 14.4 Å². The molecule has 0 spiro atoms. The molecule has 0 saturated carbocycles. The third-order valence-electron chi connectivity index (χ3n) is 3.16. The van der Waals surface area contributed by atoms with E-state index in [2.05, 4.69) is 4.98 Å². The predicted octanol–water partition coefficient (Wildman–Crippen LogP) is -0.0608. The van der Waals surface area contributed by atoms with Crippen molar-refractivity contribution in [2.24, 2.45) is 0 Å². The van der Waals surface area contributed by atoms with Gasteiger partial charge in [-0.15, -0.1) is 0 Å².